The molecule has 0 unspecified atom stereocenters. The van der Waals surface area contributed by atoms with Crippen LogP contribution >= 0.6 is 0 Å². The van der Waals surface area contributed by atoms with Crippen molar-refractivity contribution in [1.82, 2.24) is 14.9 Å². The molecule has 1 N–H and O–H groups in total. The molecule has 1 saturated carbocycles. The van der Waals surface area contributed by atoms with Crippen LogP contribution in [0.1, 0.15) is 52.4 Å². The zero-order valence-corrected chi connectivity index (χ0v) is 15.1. The Morgan fingerprint density at radius 2 is 1.96 bits per heavy atom. The van der Waals surface area contributed by atoms with Crippen LogP contribution in [0.25, 0.3) is 10.9 Å². The third-order valence-electron chi connectivity index (χ3n) is 5.14. The highest BCUT2D eigenvalue weighted by Crippen LogP contribution is 2.40. The summed E-state index contributed by atoms with van der Waals surface area (Å²) in [5.74, 6) is 0.0821. The number of carbonyl (C=O) groups excluding carboxylic acids is 1. The number of carbonyl (C=O) groups is 1. The summed E-state index contributed by atoms with van der Waals surface area (Å²) in [6.07, 6.45) is 7.52. The quantitative estimate of drug-likeness (QED) is 0.908. The molecule has 0 atom stereocenters. The summed E-state index contributed by atoms with van der Waals surface area (Å²) < 4.78 is 1.70. The topological polar surface area (TPSA) is 64.0 Å². The molecule has 25 heavy (non-hydrogen) atoms. The van der Waals surface area contributed by atoms with Crippen molar-refractivity contribution in [3.8, 4) is 0 Å². The van der Waals surface area contributed by atoms with Gasteiger partial charge in [0.25, 0.3) is 5.56 Å². The van der Waals surface area contributed by atoms with Gasteiger partial charge in [0.1, 0.15) is 0 Å². The highest BCUT2D eigenvalue weighted by Gasteiger charge is 2.35. The summed E-state index contributed by atoms with van der Waals surface area (Å²) in [5.41, 5.74) is 0.560. The van der Waals surface area contributed by atoms with Crippen molar-refractivity contribution in [3.63, 3.8) is 0 Å². The van der Waals surface area contributed by atoms with E-state index in [4.69, 9.17) is 0 Å². The van der Waals surface area contributed by atoms with Gasteiger partial charge in [-0.3, -0.25) is 14.2 Å². The summed E-state index contributed by atoms with van der Waals surface area (Å²) in [7, 11) is 0. The lowest BCUT2D eigenvalue weighted by molar-refractivity contribution is -0.124. The van der Waals surface area contributed by atoms with Crippen molar-refractivity contribution in [2.24, 2.45) is 5.41 Å². The van der Waals surface area contributed by atoms with Crippen LogP contribution < -0.4 is 10.9 Å². The smallest absolute Gasteiger partial charge is 0.261 e. The number of aromatic nitrogens is 2. The molecule has 1 aromatic heterocycles. The number of rotatable bonds is 5. The van der Waals surface area contributed by atoms with Gasteiger partial charge in [-0.2, -0.15) is 0 Å². The number of para-hydroxylation sites is 1. The Labute approximate surface area is 148 Å². The first-order valence-corrected chi connectivity index (χ1v) is 9.23. The second kappa shape index (κ2) is 7.38. The first-order chi connectivity index (χ1) is 12.0. The lowest BCUT2D eigenvalue weighted by Gasteiger charge is -2.37. The molecular formula is C20H27N3O2. The Morgan fingerprint density at radius 1 is 1.24 bits per heavy atom. The van der Waals surface area contributed by atoms with Gasteiger partial charge in [-0.05, 0) is 44.2 Å². The standard InChI is InChI=1S/C20H27N3O2/c1-15(2)22-18(24)12-20(10-6-3-7-11-20)13-23-14-21-17-9-5-4-8-16(17)19(23)25/h4-5,8-9,14-15H,3,6-7,10-13H2,1-2H3,(H,22,24). The van der Waals surface area contributed by atoms with E-state index in [1.807, 2.05) is 38.1 Å². The Balaban J connectivity index is 1.89. The SMILES string of the molecule is CC(C)NC(=O)CC1(Cn2cnc3ccccc3c2=O)CCCCC1. The lowest BCUT2D eigenvalue weighted by Crippen LogP contribution is -2.40. The molecular weight excluding hydrogens is 314 g/mol. The Morgan fingerprint density at radius 3 is 2.68 bits per heavy atom. The molecule has 1 aliphatic rings. The normalized spacial score (nSPS) is 16.9. The summed E-state index contributed by atoms with van der Waals surface area (Å²) >= 11 is 0. The summed E-state index contributed by atoms with van der Waals surface area (Å²) in [5, 5.41) is 3.64. The van der Waals surface area contributed by atoms with Crippen molar-refractivity contribution in [2.75, 3.05) is 0 Å². The second-order valence-corrected chi connectivity index (χ2v) is 7.65. The molecule has 3 rings (SSSR count). The predicted molar refractivity (Wildman–Crippen MR) is 99.4 cm³/mol. The molecule has 1 aromatic carbocycles. The van der Waals surface area contributed by atoms with Gasteiger partial charge in [0.05, 0.1) is 17.2 Å². The van der Waals surface area contributed by atoms with E-state index in [0.29, 0.717) is 18.4 Å². The van der Waals surface area contributed by atoms with Crippen LogP contribution in [0.3, 0.4) is 0 Å². The first kappa shape index (κ1) is 17.6. The number of amides is 1. The van der Waals surface area contributed by atoms with E-state index in [2.05, 4.69) is 10.3 Å². The number of benzene rings is 1. The van der Waals surface area contributed by atoms with Crippen LogP contribution in [-0.2, 0) is 11.3 Å². The third-order valence-corrected chi connectivity index (χ3v) is 5.14. The van der Waals surface area contributed by atoms with E-state index < -0.39 is 0 Å². The second-order valence-electron chi connectivity index (χ2n) is 7.65. The van der Waals surface area contributed by atoms with Gasteiger partial charge in [-0.25, -0.2) is 4.98 Å². The fourth-order valence-electron chi connectivity index (χ4n) is 3.99. The minimum absolute atomic E-state index is 0.0141. The molecule has 0 aliphatic heterocycles. The predicted octanol–water partition coefficient (Wildman–Crippen LogP) is 3.26. The van der Waals surface area contributed by atoms with Crippen LogP contribution in [0, 0.1) is 5.41 Å². The van der Waals surface area contributed by atoms with Crippen molar-refractivity contribution in [1.29, 1.82) is 0 Å². The van der Waals surface area contributed by atoms with Crippen molar-refractivity contribution in [2.45, 2.75) is 65.0 Å². The lowest BCUT2D eigenvalue weighted by atomic mass is 9.71. The van der Waals surface area contributed by atoms with Gasteiger partial charge in [0, 0.05) is 19.0 Å². The molecule has 0 radical (unpaired) electrons. The molecule has 0 bridgehead atoms. The third kappa shape index (κ3) is 4.09. The van der Waals surface area contributed by atoms with Crippen LogP contribution in [0.2, 0.25) is 0 Å². The molecule has 0 spiro atoms. The molecule has 1 heterocycles. The van der Waals surface area contributed by atoms with Crippen LogP contribution in [0.15, 0.2) is 35.4 Å². The van der Waals surface area contributed by atoms with Crippen molar-refractivity contribution >= 4 is 16.8 Å². The van der Waals surface area contributed by atoms with E-state index >= 15 is 0 Å². The largest absolute Gasteiger partial charge is 0.354 e. The summed E-state index contributed by atoms with van der Waals surface area (Å²) in [4.78, 5) is 29.7. The average Bonchev–Trinajstić information content (AvgIpc) is 2.57. The van der Waals surface area contributed by atoms with E-state index in [1.54, 1.807) is 10.9 Å². The Hall–Kier alpha value is -2.17. The number of fused-ring (bicyclic) bond motifs is 1. The number of hydrogen-bond acceptors (Lipinski definition) is 3. The maximum absolute atomic E-state index is 12.8. The molecule has 5 heteroatoms. The van der Waals surface area contributed by atoms with Crippen LogP contribution in [0.4, 0.5) is 0 Å². The minimum Gasteiger partial charge on any atom is -0.354 e. The Bertz CT molecular complexity index is 804. The van der Waals surface area contributed by atoms with Crippen LogP contribution in [0.5, 0.6) is 0 Å². The average molecular weight is 341 g/mol. The monoisotopic (exact) mass is 341 g/mol. The minimum atomic E-state index is -0.148. The number of hydrogen-bond donors (Lipinski definition) is 1. The van der Waals surface area contributed by atoms with Gasteiger partial charge in [0.15, 0.2) is 0 Å². The van der Waals surface area contributed by atoms with Crippen molar-refractivity contribution in [3.05, 3.63) is 40.9 Å². The van der Waals surface area contributed by atoms with E-state index in [0.717, 1.165) is 31.2 Å². The zero-order chi connectivity index (χ0) is 17.9. The summed E-state index contributed by atoms with van der Waals surface area (Å²) in [6.45, 7) is 4.52. The van der Waals surface area contributed by atoms with Gasteiger partial charge in [0.2, 0.25) is 5.91 Å². The first-order valence-electron chi connectivity index (χ1n) is 9.23. The molecule has 0 saturated heterocycles. The van der Waals surface area contributed by atoms with Gasteiger partial charge in [-0.1, -0.05) is 31.4 Å². The Kier molecular flexibility index (Phi) is 5.21. The van der Waals surface area contributed by atoms with Crippen LogP contribution in [-0.4, -0.2) is 21.5 Å². The maximum atomic E-state index is 12.8. The van der Waals surface area contributed by atoms with Gasteiger partial charge < -0.3 is 5.32 Å². The van der Waals surface area contributed by atoms with Crippen molar-refractivity contribution < 1.29 is 4.79 Å². The number of nitrogens with one attached hydrogen (secondary N) is 1. The fraction of sp³-hybridized carbons (Fsp3) is 0.550. The zero-order valence-electron chi connectivity index (χ0n) is 15.1. The maximum Gasteiger partial charge on any atom is 0.261 e. The molecule has 134 valence electrons. The molecule has 2 aromatic rings. The molecule has 1 aliphatic carbocycles. The van der Waals surface area contributed by atoms with E-state index in [-0.39, 0.29) is 22.9 Å². The van der Waals surface area contributed by atoms with Gasteiger partial charge >= 0.3 is 0 Å². The highest BCUT2D eigenvalue weighted by atomic mass is 16.1. The van der Waals surface area contributed by atoms with E-state index in [9.17, 15) is 9.59 Å². The number of nitrogens with zero attached hydrogens (tertiary/aromatic N) is 2. The highest BCUT2D eigenvalue weighted by molar-refractivity contribution is 5.77. The molecule has 1 amide bonds. The van der Waals surface area contributed by atoms with Gasteiger partial charge in [-0.15, -0.1) is 0 Å². The molecule has 1 fully saturated rings. The molecule has 5 nitrogen and oxygen atoms in total. The fourth-order valence-corrected chi connectivity index (χ4v) is 3.99. The summed E-state index contributed by atoms with van der Waals surface area (Å²) in [6, 6.07) is 7.56. The van der Waals surface area contributed by atoms with E-state index in [1.165, 1.54) is 6.42 Å².